The topological polar surface area (TPSA) is 155 Å². The van der Waals surface area contributed by atoms with Crippen molar-refractivity contribution in [2.45, 2.75) is 101 Å². The number of nitrogens with one attached hydrogen (secondary N) is 2. The molecule has 0 spiro atoms. The molecular formula is C33H52N6O7S. The van der Waals surface area contributed by atoms with Gasteiger partial charge in [-0.3, -0.25) is 9.52 Å². The molecule has 0 unspecified atom stereocenters. The van der Waals surface area contributed by atoms with Crippen LogP contribution in [0.15, 0.2) is 35.7 Å². The Hall–Kier alpha value is -3.36. The minimum atomic E-state index is -4.02. The molecule has 2 aromatic rings. The molecule has 4 rings (SSSR count). The molecule has 4 atom stereocenters. The second-order valence-corrected chi connectivity index (χ2v) is 14.8. The first-order chi connectivity index (χ1) is 22.4. The molecule has 0 saturated heterocycles. The van der Waals surface area contributed by atoms with Gasteiger partial charge in [-0.25, -0.2) is 9.78 Å². The van der Waals surface area contributed by atoms with E-state index in [0.29, 0.717) is 25.3 Å². The molecule has 0 bridgehead atoms. The lowest BCUT2D eigenvalue weighted by Crippen LogP contribution is -2.50. The Labute approximate surface area is 279 Å². The first kappa shape index (κ1) is 36.5. The average Bonchev–Trinajstić information content (AvgIpc) is 3.50. The summed E-state index contributed by atoms with van der Waals surface area (Å²) < 4.78 is 42.8. The molecule has 2 aliphatic rings. The molecule has 1 aliphatic carbocycles. The molecule has 1 saturated carbocycles. The van der Waals surface area contributed by atoms with Crippen molar-refractivity contribution in [3.05, 3.63) is 36.3 Å². The fourth-order valence-corrected chi connectivity index (χ4v) is 7.10. The van der Waals surface area contributed by atoms with Crippen LogP contribution in [0, 0.1) is 5.92 Å². The number of anilines is 1. The number of carbonyl (C=O) groups excluding carboxylic acids is 2. The van der Waals surface area contributed by atoms with Gasteiger partial charge in [-0.2, -0.15) is 8.42 Å². The highest BCUT2D eigenvalue weighted by Gasteiger charge is 2.31. The number of amides is 3. The molecular weight excluding hydrogens is 624 g/mol. The summed E-state index contributed by atoms with van der Waals surface area (Å²) in [6.45, 7) is 6.44. The first-order valence-corrected chi connectivity index (χ1v) is 18.2. The van der Waals surface area contributed by atoms with Gasteiger partial charge >= 0.3 is 6.03 Å². The summed E-state index contributed by atoms with van der Waals surface area (Å²) in [6, 6.07) is 4.11. The summed E-state index contributed by atoms with van der Waals surface area (Å²) in [7, 11) is -0.577. The minimum absolute atomic E-state index is 0.135. The summed E-state index contributed by atoms with van der Waals surface area (Å²) in [4.78, 5) is 34.6. The zero-order chi connectivity index (χ0) is 34.1. The molecule has 2 heterocycles. The third kappa shape index (κ3) is 10.1. The molecule has 1 aromatic carbocycles. The van der Waals surface area contributed by atoms with Crippen LogP contribution in [-0.4, -0.2) is 102 Å². The van der Waals surface area contributed by atoms with Crippen molar-refractivity contribution in [1.82, 2.24) is 24.7 Å². The lowest BCUT2D eigenvalue weighted by molar-refractivity contribution is -0.0123. The molecule has 3 N–H and O–H groups in total. The standard InChI is InChI=1S/C33H52N6O7S/c1-23-18-39(24(2)21-40)32(41)28-17-27(36-47(43,44)31-20-37(4)22-34-31)14-15-29(28)46-25(3)11-9-10-16-45-30(23)19-38(5)33(42)35-26-12-7-6-8-13-26/h14-15,17,20,22-26,30,36,40H,6-13,16,18-19,21H2,1-5H3,(H,35,42)/t23-,24-,25-,30-/m0/s1. The lowest BCUT2D eigenvalue weighted by atomic mass is 9.96. The van der Waals surface area contributed by atoms with E-state index in [1.807, 2.05) is 13.8 Å². The van der Waals surface area contributed by atoms with Crippen molar-refractivity contribution >= 4 is 27.6 Å². The maximum atomic E-state index is 14.3. The van der Waals surface area contributed by atoms with E-state index in [1.54, 1.807) is 43.0 Å². The summed E-state index contributed by atoms with van der Waals surface area (Å²) >= 11 is 0. The monoisotopic (exact) mass is 676 g/mol. The van der Waals surface area contributed by atoms with Crippen LogP contribution in [0.1, 0.15) is 82.5 Å². The fraction of sp³-hybridized carbons (Fsp3) is 0.667. The summed E-state index contributed by atoms with van der Waals surface area (Å²) in [5.74, 6) is -0.302. The highest BCUT2D eigenvalue weighted by molar-refractivity contribution is 7.92. The molecule has 14 heteroatoms. The van der Waals surface area contributed by atoms with Gasteiger partial charge in [0.15, 0.2) is 5.03 Å². The summed E-state index contributed by atoms with van der Waals surface area (Å²) in [6.07, 6.45) is 9.95. The van der Waals surface area contributed by atoms with Gasteiger partial charge in [-0.05, 0) is 64.2 Å². The number of likely N-dealkylation sites (N-methyl/N-ethyl adjacent to an activating group) is 1. The third-order valence-electron chi connectivity index (χ3n) is 8.99. The lowest BCUT2D eigenvalue weighted by Gasteiger charge is -2.36. The van der Waals surface area contributed by atoms with E-state index < -0.39 is 22.0 Å². The van der Waals surface area contributed by atoms with E-state index in [9.17, 15) is 23.1 Å². The van der Waals surface area contributed by atoms with Crippen LogP contribution in [-0.2, 0) is 21.8 Å². The van der Waals surface area contributed by atoms with Crippen LogP contribution in [0.25, 0.3) is 0 Å². The van der Waals surface area contributed by atoms with E-state index >= 15 is 0 Å². The predicted molar refractivity (Wildman–Crippen MR) is 179 cm³/mol. The third-order valence-corrected chi connectivity index (χ3v) is 10.3. The van der Waals surface area contributed by atoms with Crippen LogP contribution < -0.4 is 14.8 Å². The highest BCUT2D eigenvalue weighted by atomic mass is 32.2. The molecule has 1 aliphatic heterocycles. The highest BCUT2D eigenvalue weighted by Crippen LogP contribution is 2.29. The zero-order valence-corrected chi connectivity index (χ0v) is 29.2. The number of urea groups is 1. The SMILES string of the molecule is C[C@H]1CCCCO[C@@H](CN(C)C(=O)NC2CCCCC2)[C@@H](C)CN([C@@H](C)CO)C(=O)c2cc(NS(=O)(=O)c3cn(C)cn3)ccc2O1. The van der Waals surface area contributed by atoms with Crippen molar-refractivity contribution < 1.29 is 32.6 Å². The van der Waals surface area contributed by atoms with Crippen LogP contribution in [0.4, 0.5) is 10.5 Å². The number of ether oxygens (including phenoxy) is 2. The number of hydrogen-bond donors (Lipinski definition) is 3. The van der Waals surface area contributed by atoms with E-state index in [4.69, 9.17) is 9.47 Å². The van der Waals surface area contributed by atoms with E-state index in [2.05, 4.69) is 15.0 Å². The van der Waals surface area contributed by atoms with Crippen molar-refractivity contribution in [1.29, 1.82) is 0 Å². The van der Waals surface area contributed by atoms with E-state index in [1.165, 1.54) is 29.6 Å². The largest absolute Gasteiger partial charge is 0.490 e. The number of benzene rings is 1. The number of carbonyl (C=O) groups is 2. The Morgan fingerprint density at radius 2 is 1.87 bits per heavy atom. The van der Waals surface area contributed by atoms with Gasteiger partial charge in [-0.1, -0.05) is 26.2 Å². The molecule has 0 radical (unpaired) electrons. The number of aliphatic hydroxyl groups excluding tert-OH is 1. The maximum absolute atomic E-state index is 14.3. The van der Waals surface area contributed by atoms with Crippen molar-refractivity contribution in [2.75, 3.05) is 38.1 Å². The number of rotatable bonds is 8. The van der Waals surface area contributed by atoms with Crippen LogP contribution in [0.2, 0.25) is 0 Å². The van der Waals surface area contributed by atoms with Crippen LogP contribution >= 0.6 is 0 Å². The van der Waals surface area contributed by atoms with Gasteiger partial charge in [0.2, 0.25) is 0 Å². The molecule has 1 fully saturated rings. The average molecular weight is 677 g/mol. The number of sulfonamides is 1. The Kier molecular flexibility index (Phi) is 12.9. The number of nitrogens with zero attached hydrogens (tertiary/aromatic N) is 4. The quantitative estimate of drug-likeness (QED) is 0.379. The van der Waals surface area contributed by atoms with Gasteiger partial charge in [0.25, 0.3) is 15.9 Å². The summed E-state index contributed by atoms with van der Waals surface area (Å²) in [5, 5.41) is 13.2. The van der Waals surface area contributed by atoms with Crippen LogP contribution in [0.3, 0.4) is 0 Å². The van der Waals surface area contributed by atoms with Crippen molar-refractivity contribution in [2.24, 2.45) is 13.0 Å². The van der Waals surface area contributed by atoms with E-state index in [-0.39, 0.29) is 59.6 Å². The minimum Gasteiger partial charge on any atom is -0.490 e. The fourth-order valence-electron chi connectivity index (χ4n) is 6.07. The number of fused-ring (bicyclic) bond motifs is 1. The maximum Gasteiger partial charge on any atom is 0.317 e. The van der Waals surface area contributed by atoms with Gasteiger partial charge in [0, 0.05) is 57.6 Å². The summed E-state index contributed by atoms with van der Waals surface area (Å²) in [5.41, 5.74) is 0.348. The smallest absolute Gasteiger partial charge is 0.317 e. The second kappa shape index (κ2) is 16.6. The second-order valence-electron chi connectivity index (χ2n) is 13.2. The van der Waals surface area contributed by atoms with Crippen LogP contribution in [0.5, 0.6) is 5.75 Å². The molecule has 47 heavy (non-hydrogen) atoms. The number of aliphatic hydroxyl groups is 1. The zero-order valence-electron chi connectivity index (χ0n) is 28.4. The van der Waals surface area contributed by atoms with E-state index in [0.717, 1.165) is 38.5 Å². The van der Waals surface area contributed by atoms with Crippen molar-refractivity contribution in [3.63, 3.8) is 0 Å². The van der Waals surface area contributed by atoms with Gasteiger partial charge in [0.05, 0.1) is 36.7 Å². The Morgan fingerprint density at radius 1 is 1.15 bits per heavy atom. The Morgan fingerprint density at radius 3 is 2.55 bits per heavy atom. The number of hydrogen-bond acceptors (Lipinski definition) is 8. The van der Waals surface area contributed by atoms with Gasteiger partial charge in [0.1, 0.15) is 5.75 Å². The Balaban J connectivity index is 1.60. The predicted octanol–water partition coefficient (Wildman–Crippen LogP) is 3.99. The van der Waals surface area contributed by atoms with Gasteiger partial charge in [-0.15, -0.1) is 0 Å². The number of aromatic nitrogens is 2. The molecule has 13 nitrogen and oxygen atoms in total. The Bertz CT molecular complexity index is 1440. The first-order valence-electron chi connectivity index (χ1n) is 16.7. The molecule has 3 amide bonds. The van der Waals surface area contributed by atoms with Gasteiger partial charge < -0.3 is 34.3 Å². The number of aryl methyl sites for hydroxylation is 1. The molecule has 262 valence electrons. The normalized spacial score (nSPS) is 22.8. The number of imidazole rings is 1. The van der Waals surface area contributed by atoms with Crippen molar-refractivity contribution in [3.8, 4) is 5.75 Å². The molecule has 1 aromatic heterocycles.